The molecule has 6 nitrogen and oxygen atoms in total. The number of rotatable bonds is 12. The summed E-state index contributed by atoms with van der Waals surface area (Å²) in [7, 11) is 0. The highest BCUT2D eigenvalue weighted by atomic mass is 16.5. The number of hydrogen-bond donors (Lipinski definition) is 2. The standard InChI is InChI=1S/C20H31N5O/c1-2-21-20(22-12-6-15-25-16-7-14-24-25)23-13-8-17-26-18-11-19-9-4-3-5-10-19/h3-5,7,9-10,14,16H,2,6,8,11-13,15,17-18H2,1H3,(H2,21,22,23). The van der Waals surface area contributed by atoms with Crippen LogP contribution in [0.1, 0.15) is 25.3 Å². The molecule has 6 heteroatoms. The van der Waals surface area contributed by atoms with Gasteiger partial charge in [0.2, 0.25) is 0 Å². The van der Waals surface area contributed by atoms with Crippen molar-refractivity contribution in [2.45, 2.75) is 32.7 Å². The third kappa shape index (κ3) is 8.67. The smallest absolute Gasteiger partial charge is 0.191 e. The highest BCUT2D eigenvalue weighted by molar-refractivity contribution is 5.79. The molecule has 1 aromatic carbocycles. The van der Waals surface area contributed by atoms with Crippen molar-refractivity contribution in [3.8, 4) is 0 Å². The number of nitrogens with zero attached hydrogens (tertiary/aromatic N) is 3. The molecule has 26 heavy (non-hydrogen) atoms. The fourth-order valence-corrected chi connectivity index (χ4v) is 2.52. The molecular weight excluding hydrogens is 326 g/mol. The van der Waals surface area contributed by atoms with Crippen LogP contribution in [-0.2, 0) is 17.7 Å². The van der Waals surface area contributed by atoms with E-state index < -0.39 is 0 Å². The zero-order chi connectivity index (χ0) is 18.3. The molecule has 0 aliphatic carbocycles. The topological polar surface area (TPSA) is 63.5 Å². The van der Waals surface area contributed by atoms with E-state index in [0.717, 1.165) is 64.6 Å². The van der Waals surface area contributed by atoms with Crippen LogP contribution < -0.4 is 10.6 Å². The van der Waals surface area contributed by atoms with Crippen LogP contribution in [0.2, 0.25) is 0 Å². The van der Waals surface area contributed by atoms with Crippen molar-refractivity contribution in [3.05, 3.63) is 54.4 Å². The third-order valence-electron chi connectivity index (χ3n) is 3.85. The van der Waals surface area contributed by atoms with Gasteiger partial charge in [-0.05, 0) is 37.8 Å². The molecule has 0 unspecified atom stereocenters. The Balaban J connectivity index is 1.52. The minimum atomic E-state index is 0.762. The molecule has 2 aromatic rings. The molecule has 0 saturated carbocycles. The SMILES string of the molecule is CCNC(=NCCCn1cccn1)NCCCOCCc1ccccc1. The zero-order valence-electron chi connectivity index (χ0n) is 15.7. The number of guanidine groups is 1. The number of aryl methyl sites for hydroxylation is 1. The van der Waals surface area contributed by atoms with E-state index in [2.05, 4.69) is 51.9 Å². The molecule has 0 saturated heterocycles. The minimum Gasteiger partial charge on any atom is -0.381 e. The van der Waals surface area contributed by atoms with Gasteiger partial charge < -0.3 is 15.4 Å². The van der Waals surface area contributed by atoms with E-state index in [4.69, 9.17) is 4.74 Å². The van der Waals surface area contributed by atoms with Gasteiger partial charge in [0.25, 0.3) is 0 Å². The second kappa shape index (κ2) is 12.9. The molecule has 0 fully saturated rings. The van der Waals surface area contributed by atoms with Crippen molar-refractivity contribution < 1.29 is 4.74 Å². The Labute approximate surface area is 156 Å². The maximum absolute atomic E-state index is 5.71. The fraction of sp³-hybridized carbons (Fsp3) is 0.500. The number of hydrogen-bond acceptors (Lipinski definition) is 3. The molecule has 0 aliphatic rings. The first-order valence-corrected chi connectivity index (χ1v) is 9.49. The number of ether oxygens (including phenoxy) is 1. The molecule has 0 bridgehead atoms. The second-order valence-electron chi connectivity index (χ2n) is 6.01. The summed E-state index contributed by atoms with van der Waals surface area (Å²) in [6.07, 6.45) is 6.68. The van der Waals surface area contributed by atoms with Crippen LogP contribution in [0.4, 0.5) is 0 Å². The Hall–Kier alpha value is -2.34. The number of aliphatic imine (C=N–C) groups is 1. The Morgan fingerprint density at radius 2 is 2.00 bits per heavy atom. The summed E-state index contributed by atoms with van der Waals surface area (Å²) in [5, 5.41) is 10.8. The molecule has 1 aromatic heterocycles. The minimum absolute atomic E-state index is 0.762. The lowest BCUT2D eigenvalue weighted by Gasteiger charge is -2.11. The zero-order valence-corrected chi connectivity index (χ0v) is 15.7. The Morgan fingerprint density at radius 1 is 1.12 bits per heavy atom. The Kier molecular flexibility index (Phi) is 9.94. The largest absolute Gasteiger partial charge is 0.381 e. The van der Waals surface area contributed by atoms with Crippen LogP contribution in [0.5, 0.6) is 0 Å². The molecule has 2 N–H and O–H groups in total. The summed E-state index contributed by atoms with van der Waals surface area (Å²) >= 11 is 0. The van der Waals surface area contributed by atoms with Gasteiger partial charge in [0, 0.05) is 45.2 Å². The number of nitrogens with one attached hydrogen (secondary N) is 2. The third-order valence-corrected chi connectivity index (χ3v) is 3.85. The van der Waals surface area contributed by atoms with E-state index in [1.165, 1.54) is 5.56 Å². The van der Waals surface area contributed by atoms with Gasteiger partial charge in [-0.1, -0.05) is 30.3 Å². The lowest BCUT2D eigenvalue weighted by atomic mass is 10.2. The van der Waals surface area contributed by atoms with Crippen molar-refractivity contribution in [2.24, 2.45) is 4.99 Å². The Bertz CT molecular complexity index is 598. The number of aromatic nitrogens is 2. The summed E-state index contributed by atoms with van der Waals surface area (Å²) in [6, 6.07) is 12.4. The molecule has 1 heterocycles. The molecule has 142 valence electrons. The first-order chi connectivity index (χ1) is 12.9. The van der Waals surface area contributed by atoms with E-state index in [-0.39, 0.29) is 0 Å². The highest BCUT2D eigenvalue weighted by Gasteiger charge is 1.98. The predicted molar refractivity (Wildman–Crippen MR) is 106 cm³/mol. The average Bonchev–Trinajstić information content (AvgIpc) is 3.18. The summed E-state index contributed by atoms with van der Waals surface area (Å²) in [6.45, 7) is 7.00. The normalized spacial score (nSPS) is 11.5. The quantitative estimate of drug-likeness (QED) is 0.348. The van der Waals surface area contributed by atoms with Crippen LogP contribution in [0.3, 0.4) is 0 Å². The monoisotopic (exact) mass is 357 g/mol. The second-order valence-corrected chi connectivity index (χ2v) is 6.01. The molecule has 0 spiro atoms. The van der Waals surface area contributed by atoms with E-state index in [9.17, 15) is 0 Å². The molecule has 0 atom stereocenters. The van der Waals surface area contributed by atoms with E-state index in [1.54, 1.807) is 6.20 Å². The summed E-state index contributed by atoms with van der Waals surface area (Å²) in [5.41, 5.74) is 1.32. The van der Waals surface area contributed by atoms with E-state index >= 15 is 0 Å². The van der Waals surface area contributed by atoms with Gasteiger partial charge in [0.15, 0.2) is 5.96 Å². The van der Waals surface area contributed by atoms with Crippen molar-refractivity contribution in [3.63, 3.8) is 0 Å². The Morgan fingerprint density at radius 3 is 2.77 bits per heavy atom. The van der Waals surface area contributed by atoms with Gasteiger partial charge in [-0.2, -0.15) is 5.10 Å². The summed E-state index contributed by atoms with van der Waals surface area (Å²) < 4.78 is 7.64. The van der Waals surface area contributed by atoms with E-state index in [0.29, 0.717) is 0 Å². The fourth-order valence-electron chi connectivity index (χ4n) is 2.52. The average molecular weight is 358 g/mol. The van der Waals surface area contributed by atoms with Crippen LogP contribution in [-0.4, -0.2) is 48.6 Å². The summed E-state index contributed by atoms with van der Waals surface area (Å²) in [4.78, 5) is 4.60. The van der Waals surface area contributed by atoms with Gasteiger partial charge in [-0.3, -0.25) is 9.67 Å². The molecule has 0 radical (unpaired) electrons. The van der Waals surface area contributed by atoms with Gasteiger partial charge in [-0.15, -0.1) is 0 Å². The van der Waals surface area contributed by atoms with E-state index in [1.807, 2.05) is 23.0 Å². The summed E-state index contributed by atoms with van der Waals surface area (Å²) in [5.74, 6) is 0.872. The molecule has 0 amide bonds. The van der Waals surface area contributed by atoms with Crippen molar-refractivity contribution >= 4 is 5.96 Å². The molecule has 0 aliphatic heterocycles. The van der Waals surface area contributed by atoms with Gasteiger partial charge >= 0.3 is 0 Å². The first-order valence-electron chi connectivity index (χ1n) is 9.49. The molecule has 2 rings (SSSR count). The van der Waals surface area contributed by atoms with Crippen LogP contribution in [0.15, 0.2) is 53.8 Å². The highest BCUT2D eigenvalue weighted by Crippen LogP contribution is 1.99. The predicted octanol–water partition coefficient (Wildman–Crippen LogP) is 2.48. The van der Waals surface area contributed by atoms with Gasteiger partial charge in [0.05, 0.1) is 6.61 Å². The van der Waals surface area contributed by atoms with Crippen LogP contribution in [0, 0.1) is 0 Å². The maximum Gasteiger partial charge on any atom is 0.191 e. The van der Waals surface area contributed by atoms with Crippen LogP contribution >= 0.6 is 0 Å². The maximum atomic E-state index is 5.71. The van der Waals surface area contributed by atoms with Gasteiger partial charge in [0.1, 0.15) is 0 Å². The first kappa shape index (κ1) is 20.0. The number of benzene rings is 1. The van der Waals surface area contributed by atoms with Crippen molar-refractivity contribution in [1.29, 1.82) is 0 Å². The van der Waals surface area contributed by atoms with Crippen molar-refractivity contribution in [2.75, 3.05) is 32.8 Å². The van der Waals surface area contributed by atoms with Gasteiger partial charge in [-0.25, -0.2) is 0 Å². The van der Waals surface area contributed by atoms with Crippen LogP contribution in [0.25, 0.3) is 0 Å². The lowest BCUT2D eigenvalue weighted by Crippen LogP contribution is -2.38. The van der Waals surface area contributed by atoms with Crippen molar-refractivity contribution in [1.82, 2.24) is 20.4 Å². The lowest BCUT2D eigenvalue weighted by molar-refractivity contribution is 0.135. The molecular formula is C20H31N5O.